The topological polar surface area (TPSA) is 55.8 Å². The number of benzene rings is 2. The first-order valence-electron chi connectivity index (χ1n) is 9.30. The summed E-state index contributed by atoms with van der Waals surface area (Å²) in [6.45, 7) is 10.8. The van der Waals surface area contributed by atoms with Gasteiger partial charge in [-0.2, -0.15) is 0 Å². The second-order valence-corrected chi connectivity index (χ2v) is 11.7. The third-order valence-corrected chi connectivity index (χ3v) is 9.30. The summed E-state index contributed by atoms with van der Waals surface area (Å²) in [5.74, 6) is 0. The molecule has 2 heterocycles. The van der Waals surface area contributed by atoms with Crippen molar-refractivity contribution in [2.45, 2.75) is 36.9 Å². The van der Waals surface area contributed by atoms with E-state index in [2.05, 4.69) is 6.58 Å². The van der Waals surface area contributed by atoms with Gasteiger partial charge in [0.15, 0.2) is 5.16 Å². The molecule has 1 fully saturated rings. The number of thioether (sulfide) groups is 1. The Morgan fingerprint density at radius 3 is 2.43 bits per heavy atom. The molecule has 0 aromatic heterocycles. The Morgan fingerprint density at radius 2 is 1.79 bits per heavy atom. The first-order chi connectivity index (χ1) is 13.2. The molecular weight excluding hydrogens is 391 g/mol. The van der Waals surface area contributed by atoms with Crippen molar-refractivity contribution in [3.8, 4) is 0 Å². The highest BCUT2D eigenvalue weighted by Gasteiger charge is 2.63. The minimum atomic E-state index is -3.78. The molecule has 4 rings (SSSR count). The van der Waals surface area contributed by atoms with Gasteiger partial charge in [0.1, 0.15) is 6.10 Å². The van der Waals surface area contributed by atoms with Crippen LogP contribution >= 0.6 is 19.4 Å². The highest BCUT2D eigenvalue weighted by molar-refractivity contribution is 8.03. The van der Waals surface area contributed by atoms with Crippen molar-refractivity contribution in [1.82, 2.24) is 0 Å². The maximum absolute atomic E-state index is 14.2. The molecule has 2 aromatic carbocycles. The molecule has 0 bridgehead atoms. The van der Waals surface area contributed by atoms with Gasteiger partial charge in [-0.15, -0.1) is 0 Å². The lowest BCUT2D eigenvalue weighted by Gasteiger charge is -2.49. The Balaban J connectivity index is 1.95. The number of hydrogen-bond acceptors (Lipinski definition) is 5. The number of aliphatic hydroxyl groups excluding tert-OH is 1. The molecule has 0 aliphatic carbocycles. The predicted octanol–water partition coefficient (Wildman–Crippen LogP) is 5.81. The summed E-state index contributed by atoms with van der Waals surface area (Å²) in [6.07, 6.45) is -1.09. The lowest BCUT2D eigenvalue weighted by atomic mass is 9.86. The van der Waals surface area contributed by atoms with E-state index in [1.165, 1.54) is 11.8 Å². The van der Waals surface area contributed by atoms with Crippen LogP contribution in [0.3, 0.4) is 0 Å². The Bertz CT molecular complexity index is 958. The highest BCUT2D eigenvalue weighted by atomic mass is 32.2. The largest absolute Gasteiger partial charge is 0.386 e. The molecule has 2 unspecified atom stereocenters. The van der Waals surface area contributed by atoms with E-state index in [0.717, 1.165) is 16.0 Å². The van der Waals surface area contributed by atoms with Crippen LogP contribution in [0.4, 0.5) is 0 Å². The quantitative estimate of drug-likeness (QED) is 0.626. The van der Waals surface area contributed by atoms with Crippen molar-refractivity contribution in [2.24, 2.45) is 5.41 Å². The van der Waals surface area contributed by atoms with Gasteiger partial charge in [-0.25, -0.2) is 0 Å². The van der Waals surface area contributed by atoms with Gasteiger partial charge in [0.25, 0.3) is 0 Å². The fourth-order valence-corrected chi connectivity index (χ4v) is 8.11. The lowest BCUT2D eigenvalue weighted by molar-refractivity contribution is 0.0194. The molecule has 2 aromatic rings. The third-order valence-electron chi connectivity index (χ3n) is 5.41. The van der Waals surface area contributed by atoms with Gasteiger partial charge >= 0.3 is 7.60 Å². The Kier molecular flexibility index (Phi) is 4.88. The molecule has 1 N–H and O–H groups in total. The van der Waals surface area contributed by atoms with Crippen LogP contribution in [0.15, 0.2) is 64.9 Å². The number of aliphatic hydroxyl groups is 1. The minimum absolute atomic E-state index is 0.242. The van der Waals surface area contributed by atoms with E-state index in [-0.39, 0.29) is 5.41 Å². The van der Waals surface area contributed by atoms with Gasteiger partial charge in [0, 0.05) is 15.2 Å². The van der Waals surface area contributed by atoms with Gasteiger partial charge in [-0.05, 0) is 24.1 Å². The monoisotopic (exact) mass is 416 g/mol. The van der Waals surface area contributed by atoms with Crippen LogP contribution in [0, 0.1) is 12.3 Å². The smallest absolute Gasteiger partial charge is 0.349 e. The average molecular weight is 416 g/mol. The molecule has 0 radical (unpaired) electrons. The van der Waals surface area contributed by atoms with Crippen molar-refractivity contribution < 1.29 is 18.7 Å². The standard InChI is InChI=1S/C22H25O4PS/c1-15-10-11-19-18(12-15)20(23)22(16(2)28-19,17-8-6-5-7-9-17)27(24)25-13-21(3,4)14-26-27/h5-12,20,23H,2,13-14H2,1,3-4H3. The highest BCUT2D eigenvalue weighted by Crippen LogP contribution is 2.77. The van der Waals surface area contributed by atoms with E-state index in [1.807, 2.05) is 69.3 Å². The molecule has 28 heavy (non-hydrogen) atoms. The van der Waals surface area contributed by atoms with E-state index in [1.54, 1.807) is 0 Å². The van der Waals surface area contributed by atoms with E-state index >= 15 is 0 Å². The van der Waals surface area contributed by atoms with E-state index in [0.29, 0.717) is 23.7 Å². The fourth-order valence-electron chi connectivity index (χ4n) is 3.84. The second kappa shape index (κ2) is 6.86. The zero-order valence-corrected chi connectivity index (χ0v) is 18.1. The second-order valence-electron chi connectivity index (χ2n) is 8.31. The average Bonchev–Trinajstić information content (AvgIpc) is 2.66. The molecule has 6 heteroatoms. The number of rotatable bonds is 2. The van der Waals surface area contributed by atoms with Gasteiger partial charge in [-0.1, -0.05) is 80.2 Å². The van der Waals surface area contributed by atoms with E-state index in [9.17, 15) is 9.67 Å². The van der Waals surface area contributed by atoms with Crippen LogP contribution in [0.25, 0.3) is 0 Å². The van der Waals surface area contributed by atoms with Gasteiger partial charge < -0.3 is 14.2 Å². The number of hydrogen-bond donors (Lipinski definition) is 1. The first kappa shape index (κ1) is 19.9. The molecule has 1 saturated heterocycles. The van der Waals surface area contributed by atoms with Crippen LogP contribution in [0.5, 0.6) is 0 Å². The zero-order chi connectivity index (χ0) is 20.2. The number of aryl methyl sites for hydroxylation is 1. The van der Waals surface area contributed by atoms with Crippen molar-refractivity contribution in [1.29, 1.82) is 0 Å². The molecule has 2 atom stereocenters. The summed E-state index contributed by atoms with van der Waals surface area (Å²) in [5.41, 5.74) is 2.20. The SMILES string of the molecule is C=C1Sc2ccc(C)cc2C(O)C1(c1ccccc1)P1(=O)OCC(C)(C)CO1. The molecule has 4 nitrogen and oxygen atoms in total. The summed E-state index contributed by atoms with van der Waals surface area (Å²) in [6, 6.07) is 15.3. The molecule has 0 spiro atoms. The van der Waals surface area contributed by atoms with E-state index < -0.39 is 18.9 Å². The van der Waals surface area contributed by atoms with Gasteiger partial charge in [0.05, 0.1) is 13.2 Å². The number of fused-ring (bicyclic) bond motifs is 1. The van der Waals surface area contributed by atoms with Gasteiger partial charge in [0.2, 0.25) is 0 Å². The predicted molar refractivity (Wildman–Crippen MR) is 113 cm³/mol. The van der Waals surface area contributed by atoms with Crippen molar-refractivity contribution in [3.63, 3.8) is 0 Å². The van der Waals surface area contributed by atoms with Crippen LogP contribution in [0.1, 0.15) is 36.6 Å². The Hall–Kier alpha value is -1.36. The van der Waals surface area contributed by atoms with E-state index in [4.69, 9.17) is 9.05 Å². The molecule has 148 valence electrons. The summed E-state index contributed by atoms with van der Waals surface area (Å²) < 4.78 is 26.2. The maximum atomic E-state index is 14.2. The molecular formula is C22H25O4PS. The lowest BCUT2D eigenvalue weighted by Crippen LogP contribution is -2.42. The summed E-state index contributed by atoms with van der Waals surface area (Å²) >= 11 is 1.43. The fraction of sp³-hybridized carbons (Fsp3) is 0.364. The summed E-state index contributed by atoms with van der Waals surface area (Å²) in [7, 11) is -3.78. The van der Waals surface area contributed by atoms with Crippen LogP contribution in [0.2, 0.25) is 0 Å². The molecule has 0 saturated carbocycles. The third kappa shape index (κ3) is 2.92. The molecule has 2 aliphatic heterocycles. The van der Waals surface area contributed by atoms with Gasteiger partial charge in [-0.3, -0.25) is 4.57 Å². The normalized spacial score (nSPS) is 28.6. The van der Waals surface area contributed by atoms with Crippen molar-refractivity contribution in [3.05, 3.63) is 76.7 Å². The summed E-state index contributed by atoms with van der Waals surface area (Å²) in [4.78, 5) is 1.49. The Morgan fingerprint density at radius 1 is 1.14 bits per heavy atom. The Labute approximate surface area is 170 Å². The first-order valence-corrected chi connectivity index (χ1v) is 11.7. The zero-order valence-electron chi connectivity index (χ0n) is 16.3. The molecule has 0 amide bonds. The summed E-state index contributed by atoms with van der Waals surface area (Å²) in [5, 5.41) is 10.3. The van der Waals surface area contributed by atoms with Crippen molar-refractivity contribution >= 4 is 19.4 Å². The van der Waals surface area contributed by atoms with Crippen LogP contribution in [-0.2, 0) is 18.8 Å². The minimum Gasteiger partial charge on any atom is -0.386 e. The molecule has 2 aliphatic rings. The maximum Gasteiger partial charge on any atom is 0.349 e. The van der Waals surface area contributed by atoms with Crippen LogP contribution < -0.4 is 0 Å². The van der Waals surface area contributed by atoms with Crippen molar-refractivity contribution in [2.75, 3.05) is 13.2 Å². The van der Waals surface area contributed by atoms with Crippen LogP contribution in [-0.4, -0.2) is 18.3 Å².